The van der Waals surface area contributed by atoms with E-state index in [-0.39, 0.29) is 5.91 Å². The molecule has 82 valence electrons. The van der Waals surface area contributed by atoms with Gasteiger partial charge in [-0.05, 0) is 17.5 Å². The number of benzene rings is 1. The second-order valence-corrected chi connectivity index (χ2v) is 3.82. The standard InChI is InChI=1S/C12H12N2OS/c1-8(15)14-5-4-9-2-3-10(6-12(9)14)11(13)7-16/h2-7,16H,13H2,1H3/b11-7-. The number of thiol groups is 1. The van der Waals surface area contributed by atoms with Crippen molar-refractivity contribution in [3.63, 3.8) is 0 Å². The molecule has 1 aromatic heterocycles. The molecule has 0 radical (unpaired) electrons. The fourth-order valence-electron chi connectivity index (χ4n) is 1.66. The molecule has 2 N–H and O–H groups in total. The molecule has 0 saturated heterocycles. The van der Waals surface area contributed by atoms with Gasteiger partial charge in [-0.25, -0.2) is 0 Å². The van der Waals surface area contributed by atoms with Crippen molar-refractivity contribution >= 4 is 35.1 Å². The Morgan fingerprint density at radius 2 is 2.19 bits per heavy atom. The summed E-state index contributed by atoms with van der Waals surface area (Å²) in [6.07, 6.45) is 1.76. The van der Waals surface area contributed by atoms with Gasteiger partial charge < -0.3 is 5.73 Å². The van der Waals surface area contributed by atoms with Crippen LogP contribution in [0.25, 0.3) is 16.6 Å². The number of nitrogens with two attached hydrogens (primary N) is 1. The Morgan fingerprint density at radius 3 is 2.81 bits per heavy atom. The van der Waals surface area contributed by atoms with Crippen molar-refractivity contribution in [2.75, 3.05) is 0 Å². The zero-order valence-corrected chi connectivity index (χ0v) is 9.74. The van der Waals surface area contributed by atoms with Crippen LogP contribution in [0.5, 0.6) is 0 Å². The quantitative estimate of drug-likeness (QED) is 0.742. The molecule has 0 bridgehead atoms. The van der Waals surface area contributed by atoms with E-state index in [2.05, 4.69) is 12.6 Å². The number of aromatic nitrogens is 1. The van der Waals surface area contributed by atoms with Crippen molar-refractivity contribution in [2.24, 2.45) is 5.73 Å². The van der Waals surface area contributed by atoms with Gasteiger partial charge in [-0.2, -0.15) is 0 Å². The van der Waals surface area contributed by atoms with Crippen molar-refractivity contribution in [1.29, 1.82) is 0 Å². The van der Waals surface area contributed by atoms with Crippen molar-refractivity contribution in [1.82, 2.24) is 4.57 Å². The van der Waals surface area contributed by atoms with Crippen LogP contribution >= 0.6 is 12.6 Å². The first-order valence-corrected chi connectivity index (χ1v) is 5.37. The summed E-state index contributed by atoms with van der Waals surface area (Å²) in [6.45, 7) is 1.53. The SMILES string of the molecule is CC(=O)n1ccc2ccc(/C(N)=C/S)cc21. The van der Waals surface area contributed by atoms with Crippen molar-refractivity contribution in [3.8, 4) is 0 Å². The smallest absolute Gasteiger partial charge is 0.227 e. The Morgan fingerprint density at radius 1 is 1.44 bits per heavy atom. The Balaban J connectivity index is 2.68. The Hall–Kier alpha value is -1.68. The van der Waals surface area contributed by atoms with Gasteiger partial charge in [0.05, 0.1) is 5.52 Å². The van der Waals surface area contributed by atoms with Gasteiger partial charge in [0.1, 0.15) is 0 Å². The molecule has 0 spiro atoms. The first-order valence-electron chi connectivity index (χ1n) is 4.86. The van der Waals surface area contributed by atoms with E-state index in [0.717, 1.165) is 16.5 Å². The molecule has 0 aliphatic carbocycles. The summed E-state index contributed by atoms with van der Waals surface area (Å²) >= 11 is 4.01. The summed E-state index contributed by atoms with van der Waals surface area (Å²) in [5, 5.41) is 2.56. The zero-order valence-electron chi connectivity index (χ0n) is 8.84. The fourth-order valence-corrected chi connectivity index (χ4v) is 1.81. The summed E-state index contributed by atoms with van der Waals surface area (Å²) in [5.41, 5.74) is 8.08. The molecule has 0 saturated carbocycles. The Bertz CT molecular complexity index is 584. The number of hydrogen-bond donors (Lipinski definition) is 2. The van der Waals surface area contributed by atoms with Gasteiger partial charge in [-0.1, -0.05) is 12.1 Å². The van der Waals surface area contributed by atoms with Crippen LogP contribution in [-0.4, -0.2) is 10.5 Å². The van der Waals surface area contributed by atoms with Crippen LogP contribution in [-0.2, 0) is 0 Å². The maximum Gasteiger partial charge on any atom is 0.227 e. The van der Waals surface area contributed by atoms with E-state index in [1.165, 1.54) is 6.92 Å². The van der Waals surface area contributed by atoms with Crippen LogP contribution in [0.2, 0.25) is 0 Å². The molecule has 3 nitrogen and oxygen atoms in total. The normalized spacial score (nSPS) is 12.0. The van der Waals surface area contributed by atoms with Gasteiger partial charge >= 0.3 is 0 Å². The molecule has 0 atom stereocenters. The first-order chi connectivity index (χ1) is 7.63. The lowest BCUT2D eigenvalue weighted by molar-refractivity contribution is 0.0941. The molecule has 0 unspecified atom stereocenters. The third kappa shape index (κ3) is 1.72. The molecular formula is C12H12N2OS. The highest BCUT2D eigenvalue weighted by molar-refractivity contribution is 7.83. The lowest BCUT2D eigenvalue weighted by atomic mass is 10.1. The fraction of sp³-hybridized carbons (Fsp3) is 0.0833. The Labute approximate surface area is 99.0 Å². The highest BCUT2D eigenvalue weighted by atomic mass is 32.1. The van der Waals surface area contributed by atoms with E-state index in [9.17, 15) is 4.79 Å². The monoisotopic (exact) mass is 232 g/mol. The molecule has 1 aromatic carbocycles. The first kappa shape index (κ1) is 10.8. The van der Waals surface area contributed by atoms with Crippen LogP contribution in [0, 0.1) is 0 Å². The largest absolute Gasteiger partial charge is 0.398 e. The summed E-state index contributed by atoms with van der Waals surface area (Å²) < 4.78 is 1.60. The number of hydrogen-bond acceptors (Lipinski definition) is 3. The number of rotatable bonds is 1. The van der Waals surface area contributed by atoms with E-state index < -0.39 is 0 Å². The molecule has 0 aliphatic heterocycles. The molecule has 1 heterocycles. The molecule has 4 heteroatoms. The van der Waals surface area contributed by atoms with E-state index in [4.69, 9.17) is 5.73 Å². The number of fused-ring (bicyclic) bond motifs is 1. The average Bonchev–Trinajstić information content (AvgIpc) is 2.70. The van der Waals surface area contributed by atoms with Crippen molar-refractivity contribution in [2.45, 2.75) is 6.92 Å². The predicted octanol–water partition coefficient (Wildman–Crippen LogP) is 2.49. The highest BCUT2D eigenvalue weighted by Crippen LogP contribution is 2.20. The molecular weight excluding hydrogens is 220 g/mol. The van der Waals surface area contributed by atoms with Crippen LogP contribution in [0.3, 0.4) is 0 Å². The molecule has 16 heavy (non-hydrogen) atoms. The van der Waals surface area contributed by atoms with E-state index in [1.54, 1.807) is 16.2 Å². The maximum absolute atomic E-state index is 11.4. The summed E-state index contributed by atoms with van der Waals surface area (Å²) in [5.74, 6) is -0.0134. The van der Waals surface area contributed by atoms with Gasteiger partial charge in [0, 0.05) is 29.8 Å². The lowest BCUT2D eigenvalue weighted by Gasteiger charge is -2.03. The molecule has 0 aliphatic rings. The maximum atomic E-state index is 11.4. The van der Waals surface area contributed by atoms with Crippen molar-refractivity contribution in [3.05, 3.63) is 41.4 Å². The molecule has 2 aromatic rings. The van der Waals surface area contributed by atoms with E-state index in [1.807, 2.05) is 24.3 Å². The molecule has 2 rings (SSSR count). The highest BCUT2D eigenvalue weighted by Gasteiger charge is 2.06. The summed E-state index contributed by atoms with van der Waals surface area (Å²) in [6, 6.07) is 7.64. The topological polar surface area (TPSA) is 48.0 Å². The van der Waals surface area contributed by atoms with Crippen LogP contribution in [0.15, 0.2) is 35.9 Å². The van der Waals surface area contributed by atoms with Gasteiger partial charge in [0.2, 0.25) is 5.91 Å². The van der Waals surface area contributed by atoms with Gasteiger partial charge in [0.25, 0.3) is 0 Å². The molecule has 0 amide bonds. The predicted molar refractivity (Wildman–Crippen MR) is 69.4 cm³/mol. The minimum atomic E-state index is -0.0134. The van der Waals surface area contributed by atoms with Crippen LogP contribution < -0.4 is 5.73 Å². The minimum absolute atomic E-state index is 0.0134. The second kappa shape index (κ2) is 4.06. The second-order valence-electron chi connectivity index (χ2n) is 3.56. The van der Waals surface area contributed by atoms with Gasteiger partial charge in [-0.15, -0.1) is 12.6 Å². The number of carbonyl (C=O) groups excluding carboxylic acids is 1. The van der Waals surface area contributed by atoms with Gasteiger partial charge in [-0.3, -0.25) is 9.36 Å². The number of carbonyl (C=O) groups is 1. The Kier molecular flexibility index (Phi) is 2.75. The minimum Gasteiger partial charge on any atom is -0.398 e. The van der Waals surface area contributed by atoms with Gasteiger partial charge in [0.15, 0.2) is 0 Å². The van der Waals surface area contributed by atoms with Crippen molar-refractivity contribution < 1.29 is 4.79 Å². The van der Waals surface area contributed by atoms with E-state index in [0.29, 0.717) is 5.70 Å². The third-order valence-corrected chi connectivity index (χ3v) is 2.78. The summed E-state index contributed by atoms with van der Waals surface area (Å²) in [4.78, 5) is 11.4. The summed E-state index contributed by atoms with van der Waals surface area (Å²) in [7, 11) is 0. The van der Waals surface area contributed by atoms with Crippen LogP contribution in [0.1, 0.15) is 17.3 Å². The lowest BCUT2D eigenvalue weighted by Crippen LogP contribution is -2.03. The number of nitrogens with zero attached hydrogens (tertiary/aromatic N) is 1. The third-order valence-electron chi connectivity index (χ3n) is 2.50. The van der Waals surface area contributed by atoms with Crippen LogP contribution in [0.4, 0.5) is 0 Å². The average molecular weight is 232 g/mol. The van der Waals surface area contributed by atoms with E-state index >= 15 is 0 Å². The zero-order chi connectivity index (χ0) is 11.7. The molecule has 0 fully saturated rings.